The van der Waals surface area contributed by atoms with E-state index in [1.54, 1.807) is 0 Å². The minimum Gasteiger partial charge on any atom is -0.494 e. The molecular weight excluding hydrogens is 554 g/mol. The van der Waals surface area contributed by atoms with E-state index in [0.29, 0.717) is 5.75 Å². The summed E-state index contributed by atoms with van der Waals surface area (Å²) < 4.78 is 21.5. The summed E-state index contributed by atoms with van der Waals surface area (Å²) in [6, 6.07) is 14.7. The van der Waals surface area contributed by atoms with Crippen LogP contribution in [0.4, 0.5) is 5.69 Å². The van der Waals surface area contributed by atoms with Crippen molar-refractivity contribution < 1.29 is 18.5 Å². The molecule has 3 saturated heterocycles. The van der Waals surface area contributed by atoms with Gasteiger partial charge in [0.2, 0.25) is 0 Å². The van der Waals surface area contributed by atoms with E-state index >= 15 is 0 Å². The van der Waals surface area contributed by atoms with Crippen LogP contribution in [-0.2, 0) is 10.8 Å². The fourth-order valence-corrected chi connectivity index (χ4v) is 9.58. The number of aliphatic hydroxyl groups excluding tert-OH is 1. The van der Waals surface area contributed by atoms with Crippen molar-refractivity contribution in [2.75, 3.05) is 77.2 Å². The van der Waals surface area contributed by atoms with Crippen molar-refractivity contribution in [3.05, 3.63) is 53.6 Å². The number of benzene rings is 2. The monoisotopic (exact) mass is 610 g/mol. The second-order valence-electron chi connectivity index (χ2n) is 13.8. The van der Waals surface area contributed by atoms with Crippen LogP contribution in [0.5, 0.6) is 5.75 Å². The van der Waals surface area contributed by atoms with Crippen LogP contribution in [0.2, 0.25) is 0 Å². The van der Waals surface area contributed by atoms with Crippen molar-refractivity contribution >= 4 is 16.5 Å². The lowest BCUT2D eigenvalue weighted by Crippen LogP contribution is -2.67. The number of unbranched alkanes of at least 4 members (excludes halogenated alkanes) is 3. The lowest BCUT2D eigenvalue weighted by Gasteiger charge is -2.50. The number of fused-ring (bicyclic) bond motifs is 4. The van der Waals surface area contributed by atoms with Crippen LogP contribution in [0.1, 0.15) is 82.3 Å². The molecule has 0 saturated carbocycles. The summed E-state index contributed by atoms with van der Waals surface area (Å²) in [6.45, 7) is 14.2. The molecule has 6 nitrogen and oxygen atoms in total. The topological polar surface area (TPSA) is 53.0 Å². The average Bonchev–Trinajstić information content (AvgIpc) is 3.12. The number of anilines is 1. The fraction of sp³-hybridized carbons (Fsp3) is 0.667. The first-order valence-electron chi connectivity index (χ1n) is 17.0. The molecule has 6 rings (SSSR count). The maximum absolute atomic E-state index is 14.0. The van der Waals surface area contributed by atoms with E-state index < -0.39 is 16.9 Å². The zero-order valence-electron chi connectivity index (χ0n) is 27.2. The Hall–Kier alpha value is -1.93. The van der Waals surface area contributed by atoms with Gasteiger partial charge in [0, 0.05) is 61.4 Å². The summed E-state index contributed by atoms with van der Waals surface area (Å²) in [5, 5.41) is 12.4. The predicted octanol–water partition coefficient (Wildman–Crippen LogP) is 6.04. The van der Waals surface area contributed by atoms with E-state index in [9.17, 15) is 9.32 Å². The molecule has 0 spiro atoms. The molecule has 238 valence electrons. The molecule has 0 amide bonds. The molecule has 1 N–H and O–H groups in total. The summed E-state index contributed by atoms with van der Waals surface area (Å²) in [5.74, 6) is 1.18. The molecule has 0 radical (unpaired) electrons. The van der Waals surface area contributed by atoms with E-state index in [0.717, 1.165) is 79.0 Å². The molecule has 3 atom stereocenters. The zero-order chi connectivity index (χ0) is 30.5. The predicted molar refractivity (Wildman–Crippen MR) is 179 cm³/mol. The van der Waals surface area contributed by atoms with Crippen molar-refractivity contribution in [1.82, 2.24) is 4.90 Å². The van der Waals surface area contributed by atoms with Crippen molar-refractivity contribution in [3.63, 3.8) is 0 Å². The fourth-order valence-electron chi connectivity index (χ4n) is 7.77. The maximum Gasteiger partial charge on any atom is 0.119 e. The SMILES string of the molecule is CCCCC1(CCCC)CS(=O)c2ccc(N(C)C)cc2[C@@H](c2ccc(OCCCC[N+]34CCN(CC3)CC4)cc2)[C@H]1O. The van der Waals surface area contributed by atoms with E-state index in [4.69, 9.17) is 4.74 Å². The van der Waals surface area contributed by atoms with Gasteiger partial charge >= 0.3 is 0 Å². The Morgan fingerprint density at radius 1 is 0.953 bits per heavy atom. The van der Waals surface area contributed by atoms with Crippen LogP contribution in [-0.4, -0.2) is 97.1 Å². The summed E-state index contributed by atoms with van der Waals surface area (Å²) >= 11 is 0. The number of piperazine rings is 3. The second kappa shape index (κ2) is 14.4. The van der Waals surface area contributed by atoms with Crippen molar-refractivity contribution in [2.45, 2.75) is 82.1 Å². The third kappa shape index (κ3) is 7.32. The minimum atomic E-state index is -1.17. The zero-order valence-corrected chi connectivity index (χ0v) is 28.0. The van der Waals surface area contributed by atoms with Gasteiger partial charge in [0.1, 0.15) is 5.75 Å². The quantitative estimate of drug-likeness (QED) is 0.209. The van der Waals surface area contributed by atoms with Gasteiger partial charge in [-0.3, -0.25) is 9.11 Å². The van der Waals surface area contributed by atoms with Gasteiger partial charge in [-0.05, 0) is 67.1 Å². The molecule has 4 aliphatic heterocycles. The number of quaternary nitrogens is 1. The molecule has 4 heterocycles. The van der Waals surface area contributed by atoms with Crippen LogP contribution in [0.3, 0.4) is 0 Å². The van der Waals surface area contributed by atoms with Crippen LogP contribution in [0.25, 0.3) is 0 Å². The number of hydrogen-bond acceptors (Lipinski definition) is 5. The molecule has 2 aromatic rings. The van der Waals surface area contributed by atoms with Crippen molar-refractivity contribution in [3.8, 4) is 5.75 Å². The Labute approximate surface area is 263 Å². The van der Waals surface area contributed by atoms with Gasteiger partial charge in [0.25, 0.3) is 0 Å². The Morgan fingerprint density at radius 2 is 1.60 bits per heavy atom. The van der Waals surface area contributed by atoms with Gasteiger partial charge < -0.3 is 19.2 Å². The molecule has 0 aliphatic carbocycles. The Morgan fingerprint density at radius 3 is 2.21 bits per heavy atom. The van der Waals surface area contributed by atoms with Crippen LogP contribution < -0.4 is 9.64 Å². The highest BCUT2D eigenvalue weighted by Crippen LogP contribution is 2.49. The van der Waals surface area contributed by atoms with Gasteiger partial charge in [0.05, 0.1) is 49.7 Å². The summed E-state index contributed by atoms with van der Waals surface area (Å²) in [5.41, 5.74) is 2.78. The third-order valence-electron chi connectivity index (χ3n) is 10.7. The van der Waals surface area contributed by atoms with Crippen molar-refractivity contribution in [1.29, 1.82) is 0 Å². The van der Waals surface area contributed by atoms with Gasteiger partial charge in [-0.25, -0.2) is 0 Å². The first kappa shape index (κ1) is 32.5. The molecular formula is C36H56N3O3S+. The van der Waals surface area contributed by atoms with E-state index in [2.05, 4.69) is 60.0 Å². The number of rotatable bonds is 14. The molecule has 0 aromatic heterocycles. The Bertz CT molecular complexity index is 1190. The third-order valence-corrected chi connectivity index (χ3v) is 12.4. The first-order valence-corrected chi connectivity index (χ1v) is 18.3. The van der Waals surface area contributed by atoms with Crippen molar-refractivity contribution in [2.24, 2.45) is 5.41 Å². The highest BCUT2D eigenvalue weighted by Gasteiger charge is 2.47. The van der Waals surface area contributed by atoms with E-state index in [1.165, 1.54) is 56.7 Å². The summed E-state index contributed by atoms with van der Waals surface area (Å²) in [6.07, 6.45) is 7.71. The van der Waals surface area contributed by atoms with Crippen LogP contribution in [0.15, 0.2) is 47.4 Å². The summed E-state index contributed by atoms with van der Waals surface area (Å²) in [7, 11) is 2.91. The Balaban J connectivity index is 1.34. The van der Waals surface area contributed by atoms with Gasteiger partial charge in [-0.2, -0.15) is 0 Å². The number of nitrogens with zero attached hydrogens (tertiary/aromatic N) is 3. The first-order chi connectivity index (χ1) is 20.8. The molecule has 2 bridgehead atoms. The minimum absolute atomic E-state index is 0.233. The molecule has 7 heteroatoms. The molecule has 4 aliphatic rings. The normalized spacial score (nSPS) is 27.8. The van der Waals surface area contributed by atoms with Crippen LogP contribution >= 0.6 is 0 Å². The standard InChI is InChI=1S/C36H56N3O3S/c1-5-7-17-36(18-8-6-2)28-43(41)33-16-13-30(37(3)4)27-32(33)34(35(36)40)29-11-14-31(15-12-29)42-26-10-9-22-39-23-19-38(20-24-39)21-25-39/h11-16,27,34-35,40H,5-10,17-26,28H2,1-4H3/q+1/t34-,35-,43?/m1/s1. The van der Waals surface area contributed by atoms with Crippen LogP contribution in [0, 0.1) is 5.41 Å². The van der Waals surface area contributed by atoms with E-state index in [1.807, 2.05) is 20.2 Å². The highest BCUT2D eigenvalue weighted by molar-refractivity contribution is 7.85. The maximum atomic E-state index is 14.0. The smallest absolute Gasteiger partial charge is 0.119 e. The number of hydrogen-bond donors (Lipinski definition) is 1. The number of ether oxygens (including phenoxy) is 1. The lowest BCUT2D eigenvalue weighted by atomic mass is 9.68. The second-order valence-corrected chi connectivity index (χ2v) is 15.2. The molecule has 3 fully saturated rings. The average molecular weight is 611 g/mol. The van der Waals surface area contributed by atoms with Gasteiger partial charge in [-0.1, -0.05) is 51.7 Å². The summed E-state index contributed by atoms with van der Waals surface area (Å²) in [4.78, 5) is 5.58. The highest BCUT2D eigenvalue weighted by atomic mass is 32.2. The largest absolute Gasteiger partial charge is 0.494 e. The molecule has 43 heavy (non-hydrogen) atoms. The molecule has 2 aromatic carbocycles. The lowest BCUT2D eigenvalue weighted by molar-refractivity contribution is -0.941. The van der Waals surface area contributed by atoms with E-state index in [-0.39, 0.29) is 11.3 Å². The molecule has 1 unspecified atom stereocenters. The Kier molecular flexibility index (Phi) is 10.9. The number of aliphatic hydroxyl groups is 1. The van der Waals surface area contributed by atoms with Gasteiger partial charge in [-0.15, -0.1) is 0 Å². The van der Waals surface area contributed by atoms with Gasteiger partial charge in [0.15, 0.2) is 0 Å².